The fourth-order valence-corrected chi connectivity index (χ4v) is 3.01. The third-order valence-corrected chi connectivity index (χ3v) is 4.18. The molecule has 21 heavy (non-hydrogen) atoms. The standard InChI is InChI=1S/C14H21NO5S/c1-9(2)13(14(16)17)15-21(18,19)12-7-5-11(6-8-12)20-10(3)4/h5-10,13,15H,1-4H3,(H,16,17)/t13-/m0/s1. The highest BCUT2D eigenvalue weighted by atomic mass is 32.2. The van der Waals surface area contributed by atoms with Gasteiger partial charge in [0.2, 0.25) is 10.0 Å². The van der Waals surface area contributed by atoms with Crippen LogP contribution in [-0.4, -0.2) is 31.6 Å². The van der Waals surface area contributed by atoms with Crippen LogP contribution < -0.4 is 9.46 Å². The molecule has 0 fully saturated rings. The van der Waals surface area contributed by atoms with Crippen LogP contribution in [-0.2, 0) is 14.8 Å². The quantitative estimate of drug-likeness (QED) is 0.801. The topological polar surface area (TPSA) is 92.7 Å². The van der Waals surface area contributed by atoms with Gasteiger partial charge in [-0.05, 0) is 44.0 Å². The summed E-state index contributed by atoms with van der Waals surface area (Å²) in [5.74, 6) is -1.00. The van der Waals surface area contributed by atoms with Crippen LogP contribution in [0, 0.1) is 5.92 Å². The molecule has 1 aromatic rings. The largest absolute Gasteiger partial charge is 0.491 e. The molecule has 0 aliphatic carbocycles. The van der Waals surface area contributed by atoms with Crippen molar-refractivity contribution in [3.8, 4) is 5.75 Å². The lowest BCUT2D eigenvalue weighted by molar-refractivity contribution is -0.140. The Morgan fingerprint density at radius 1 is 1.14 bits per heavy atom. The predicted molar refractivity (Wildman–Crippen MR) is 78.8 cm³/mol. The molecule has 2 N–H and O–H groups in total. The van der Waals surface area contributed by atoms with E-state index < -0.39 is 22.0 Å². The van der Waals surface area contributed by atoms with Crippen molar-refractivity contribution in [1.82, 2.24) is 4.72 Å². The van der Waals surface area contributed by atoms with Gasteiger partial charge in [-0.1, -0.05) is 13.8 Å². The number of aliphatic carboxylic acids is 1. The first kappa shape index (κ1) is 17.5. The first-order chi connectivity index (χ1) is 9.63. The summed E-state index contributed by atoms with van der Waals surface area (Å²) >= 11 is 0. The van der Waals surface area contributed by atoms with Gasteiger partial charge < -0.3 is 9.84 Å². The van der Waals surface area contributed by atoms with Crippen LogP contribution in [0.3, 0.4) is 0 Å². The lowest BCUT2D eigenvalue weighted by atomic mass is 10.1. The maximum atomic E-state index is 12.2. The number of rotatable bonds is 7. The van der Waals surface area contributed by atoms with Crippen molar-refractivity contribution >= 4 is 16.0 Å². The van der Waals surface area contributed by atoms with Crippen LogP contribution in [0.5, 0.6) is 5.75 Å². The van der Waals surface area contributed by atoms with Crippen molar-refractivity contribution in [3.05, 3.63) is 24.3 Å². The van der Waals surface area contributed by atoms with Gasteiger partial charge in [-0.25, -0.2) is 8.42 Å². The van der Waals surface area contributed by atoms with Crippen molar-refractivity contribution in [2.45, 2.75) is 44.7 Å². The summed E-state index contributed by atoms with van der Waals surface area (Å²) in [6.07, 6.45) is -0.0112. The van der Waals surface area contributed by atoms with Crippen molar-refractivity contribution in [3.63, 3.8) is 0 Å². The summed E-state index contributed by atoms with van der Waals surface area (Å²) < 4.78 is 32.0. The summed E-state index contributed by atoms with van der Waals surface area (Å²) in [4.78, 5) is 11.1. The van der Waals surface area contributed by atoms with Gasteiger partial charge >= 0.3 is 5.97 Å². The van der Waals surface area contributed by atoms with Gasteiger partial charge in [0.05, 0.1) is 11.0 Å². The van der Waals surface area contributed by atoms with Crippen molar-refractivity contribution in [1.29, 1.82) is 0 Å². The Balaban J connectivity index is 2.95. The molecule has 6 nitrogen and oxygen atoms in total. The van der Waals surface area contributed by atoms with E-state index in [0.29, 0.717) is 5.75 Å². The average Bonchev–Trinajstić information content (AvgIpc) is 2.35. The number of benzene rings is 1. The van der Waals surface area contributed by atoms with Crippen LogP contribution >= 0.6 is 0 Å². The molecule has 0 spiro atoms. The molecule has 1 aromatic carbocycles. The minimum Gasteiger partial charge on any atom is -0.491 e. The number of carboxylic acid groups (broad SMARTS) is 1. The third-order valence-electron chi connectivity index (χ3n) is 2.72. The number of hydrogen-bond donors (Lipinski definition) is 2. The normalized spacial score (nSPS) is 13.4. The van der Waals surface area contributed by atoms with E-state index in [1.54, 1.807) is 26.0 Å². The first-order valence-corrected chi connectivity index (χ1v) is 8.13. The first-order valence-electron chi connectivity index (χ1n) is 6.65. The molecule has 1 atom stereocenters. The lowest BCUT2D eigenvalue weighted by Crippen LogP contribution is -2.44. The highest BCUT2D eigenvalue weighted by Gasteiger charge is 2.27. The zero-order chi connectivity index (χ0) is 16.2. The number of hydrogen-bond acceptors (Lipinski definition) is 4. The average molecular weight is 315 g/mol. The van der Waals surface area contributed by atoms with Gasteiger partial charge in [0.25, 0.3) is 0 Å². The van der Waals surface area contributed by atoms with E-state index in [1.165, 1.54) is 12.1 Å². The fourth-order valence-electron chi connectivity index (χ4n) is 1.68. The van der Waals surface area contributed by atoms with E-state index in [2.05, 4.69) is 4.72 Å². The molecule has 7 heteroatoms. The molecule has 0 heterocycles. The molecule has 0 unspecified atom stereocenters. The Kier molecular flexibility index (Phi) is 5.74. The summed E-state index contributed by atoms with van der Waals surface area (Å²) in [7, 11) is -3.88. The lowest BCUT2D eigenvalue weighted by Gasteiger charge is -2.18. The summed E-state index contributed by atoms with van der Waals surface area (Å²) in [5.41, 5.74) is 0. The SMILES string of the molecule is CC(C)Oc1ccc(S(=O)(=O)N[C@H](C(=O)O)C(C)C)cc1. The Hall–Kier alpha value is -1.60. The van der Waals surface area contributed by atoms with E-state index in [-0.39, 0.29) is 16.9 Å². The third kappa shape index (κ3) is 5.02. The maximum Gasteiger partial charge on any atom is 0.322 e. The molecule has 118 valence electrons. The molecule has 0 aromatic heterocycles. The van der Waals surface area contributed by atoms with Crippen molar-refractivity contribution in [2.24, 2.45) is 5.92 Å². The van der Waals surface area contributed by atoms with Gasteiger partial charge in [-0.2, -0.15) is 4.72 Å². The van der Waals surface area contributed by atoms with Gasteiger partial charge in [0.15, 0.2) is 0 Å². The Labute approximate surface area is 125 Å². The van der Waals surface area contributed by atoms with Gasteiger partial charge in [0.1, 0.15) is 11.8 Å². The zero-order valence-corrected chi connectivity index (χ0v) is 13.3. The minimum atomic E-state index is -3.88. The molecular weight excluding hydrogens is 294 g/mol. The van der Waals surface area contributed by atoms with Crippen LogP contribution in [0.25, 0.3) is 0 Å². The summed E-state index contributed by atoms with van der Waals surface area (Å²) in [6.45, 7) is 7.01. The molecule has 0 bridgehead atoms. The second-order valence-electron chi connectivity index (χ2n) is 5.32. The van der Waals surface area contributed by atoms with E-state index in [9.17, 15) is 13.2 Å². The van der Waals surface area contributed by atoms with Gasteiger partial charge in [-0.3, -0.25) is 4.79 Å². The molecule has 1 rings (SSSR count). The monoisotopic (exact) mass is 315 g/mol. The summed E-state index contributed by atoms with van der Waals surface area (Å²) in [5, 5.41) is 9.05. The molecule has 0 aliphatic rings. The van der Waals surface area contributed by atoms with Gasteiger partial charge in [-0.15, -0.1) is 0 Å². The van der Waals surface area contributed by atoms with Crippen LogP contribution in [0.4, 0.5) is 0 Å². The van der Waals surface area contributed by atoms with E-state index in [4.69, 9.17) is 9.84 Å². The van der Waals surface area contributed by atoms with Gasteiger partial charge in [0, 0.05) is 0 Å². The van der Waals surface area contributed by atoms with Crippen molar-refractivity contribution < 1.29 is 23.1 Å². The molecule has 0 aliphatic heterocycles. The number of carbonyl (C=O) groups is 1. The smallest absolute Gasteiger partial charge is 0.322 e. The number of nitrogens with one attached hydrogen (secondary N) is 1. The highest BCUT2D eigenvalue weighted by molar-refractivity contribution is 7.89. The number of sulfonamides is 1. The molecule has 0 amide bonds. The predicted octanol–water partition coefficient (Wildman–Crippen LogP) is 1.86. The zero-order valence-electron chi connectivity index (χ0n) is 12.5. The number of carboxylic acids is 1. The van der Waals surface area contributed by atoms with Crippen molar-refractivity contribution in [2.75, 3.05) is 0 Å². The minimum absolute atomic E-state index is 0.00510. The fraction of sp³-hybridized carbons (Fsp3) is 0.500. The second-order valence-corrected chi connectivity index (χ2v) is 7.03. The van der Waals surface area contributed by atoms with Crippen LogP contribution in [0.2, 0.25) is 0 Å². The summed E-state index contributed by atoms with van der Waals surface area (Å²) in [6, 6.07) is 4.69. The van der Waals surface area contributed by atoms with Crippen LogP contribution in [0.15, 0.2) is 29.2 Å². The Morgan fingerprint density at radius 3 is 2.05 bits per heavy atom. The Morgan fingerprint density at radius 2 is 1.67 bits per heavy atom. The van der Waals surface area contributed by atoms with E-state index >= 15 is 0 Å². The molecular formula is C14H21NO5S. The molecule has 0 saturated carbocycles. The Bertz CT molecular complexity index is 578. The van der Waals surface area contributed by atoms with E-state index in [0.717, 1.165) is 0 Å². The molecule has 0 saturated heterocycles. The maximum absolute atomic E-state index is 12.2. The van der Waals surface area contributed by atoms with E-state index in [1.807, 2.05) is 13.8 Å². The number of ether oxygens (including phenoxy) is 1. The second kappa shape index (κ2) is 6.91. The molecule has 0 radical (unpaired) electrons. The van der Waals surface area contributed by atoms with Crippen LogP contribution in [0.1, 0.15) is 27.7 Å². The highest BCUT2D eigenvalue weighted by Crippen LogP contribution is 2.18.